The number of hydrogen-bond donors (Lipinski definition) is 2. The summed E-state index contributed by atoms with van der Waals surface area (Å²) in [5.74, 6) is 0.594. The number of aromatic amines is 1. The Morgan fingerprint density at radius 2 is 1.94 bits per heavy atom. The average molecular weight is 429 g/mol. The van der Waals surface area contributed by atoms with Crippen molar-refractivity contribution in [3.63, 3.8) is 0 Å². The van der Waals surface area contributed by atoms with E-state index in [0.29, 0.717) is 28.9 Å². The second kappa shape index (κ2) is 7.82. The van der Waals surface area contributed by atoms with Crippen LogP contribution in [0.1, 0.15) is 11.1 Å². The maximum Gasteiger partial charge on any atom is 0.416 e. The molecular weight excluding hydrogens is 411 g/mol. The predicted octanol–water partition coefficient (Wildman–Crippen LogP) is 2.64. The third-order valence-corrected chi connectivity index (χ3v) is 4.90. The largest absolute Gasteiger partial charge is 0.493 e. The molecule has 0 atom stereocenters. The SMILES string of the molecule is COc1cc(-c2cc(=O)[nH]c3c2=CCN=3)ccc1OCc1ccc(N)cc1C(F)(F)F. The molecule has 0 saturated carbocycles. The number of ether oxygens (including phenoxy) is 2. The van der Waals surface area contributed by atoms with Crippen LogP contribution in [0.4, 0.5) is 18.9 Å². The monoisotopic (exact) mass is 429 g/mol. The van der Waals surface area contributed by atoms with Crippen LogP contribution in [0, 0.1) is 0 Å². The number of fused-ring (bicyclic) bond motifs is 1. The number of H-pyrrole nitrogens is 1. The van der Waals surface area contributed by atoms with Crippen molar-refractivity contribution in [3.05, 3.63) is 74.7 Å². The number of nitrogens with zero attached hydrogens (tertiary/aromatic N) is 1. The molecule has 3 aromatic rings. The van der Waals surface area contributed by atoms with Crippen LogP contribution >= 0.6 is 0 Å². The highest BCUT2D eigenvalue weighted by Crippen LogP contribution is 2.35. The van der Waals surface area contributed by atoms with Crippen LogP contribution in [-0.4, -0.2) is 18.6 Å². The van der Waals surface area contributed by atoms with Crippen molar-refractivity contribution in [3.8, 4) is 22.6 Å². The van der Waals surface area contributed by atoms with Gasteiger partial charge in [-0.1, -0.05) is 18.2 Å². The van der Waals surface area contributed by atoms with Gasteiger partial charge >= 0.3 is 6.18 Å². The van der Waals surface area contributed by atoms with Crippen LogP contribution in [0.3, 0.4) is 0 Å². The molecule has 0 spiro atoms. The number of nitrogens with two attached hydrogens (primary N) is 1. The summed E-state index contributed by atoms with van der Waals surface area (Å²) in [6, 6.07) is 10.0. The summed E-state index contributed by atoms with van der Waals surface area (Å²) in [6.07, 6.45) is -2.65. The Kier molecular flexibility index (Phi) is 5.18. The molecule has 4 rings (SSSR count). The van der Waals surface area contributed by atoms with Gasteiger partial charge in [0, 0.05) is 22.5 Å². The maximum atomic E-state index is 13.3. The number of methoxy groups -OCH3 is 1. The molecule has 0 amide bonds. The average Bonchev–Trinajstić information content (AvgIpc) is 3.19. The minimum absolute atomic E-state index is 0.0203. The first-order chi connectivity index (χ1) is 14.8. The van der Waals surface area contributed by atoms with E-state index < -0.39 is 11.7 Å². The summed E-state index contributed by atoms with van der Waals surface area (Å²) in [7, 11) is 1.43. The van der Waals surface area contributed by atoms with E-state index in [1.54, 1.807) is 18.2 Å². The van der Waals surface area contributed by atoms with E-state index in [0.717, 1.165) is 11.3 Å². The van der Waals surface area contributed by atoms with E-state index >= 15 is 0 Å². The highest BCUT2D eigenvalue weighted by atomic mass is 19.4. The van der Waals surface area contributed by atoms with Gasteiger partial charge in [0.15, 0.2) is 11.5 Å². The molecule has 0 unspecified atom stereocenters. The summed E-state index contributed by atoms with van der Waals surface area (Å²) in [5, 5.41) is 0.812. The van der Waals surface area contributed by atoms with E-state index in [2.05, 4.69) is 9.98 Å². The van der Waals surface area contributed by atoms with Gasteiger partial charge in [-0.3, -0.25) is 9.79 Å². The minimum Gasteiger partial charge on any atom is -0.493 e. The van der Waals surface area contributed by atoms with Gasteiger partial charge in [-0.25, -0.2) is 0 Å². The number of rotatable bonds is 5. The van der Waals surface area contributed by atoms with E-state index in [-0.39, 0.29) is 29.2 Å². The van der Waals surface area contributed by atoms with E-state index in [1.165, 1.54) is 25.3 Å². The zero-order valence-corrected chi connectivity index (χ0v) is 16.4. The highest BCUT2D eigenvalue weighted by molar-refractivity contribution is 5.68. The molecule has 9 heteroatoms. The molecule has 2 heterocycles. The molecule has 0 aliphatic carbocycles. The molecule has 1 aliphatic heterocycles. The highest BCUT2D eigenvalue weighted by Gasteiger charge is 2.33. The molecule has 2 aromatic carbocycles. The number of nitrogen functional groups attached to an aromatic ring is 1. The summed E-state index contributed by atoms with van der Waals surface area (Å²) in [4.78, 5) is 18.9. The first-order valence-electron chi connectivity index (χ1n) is 9.31. The van der Waals surface area contributed by atoms with Gasteiger partial charge in [-0.15, -0.1) is 0 Å². The fraction of sp³-hybridized carbons (Fsp3) is 0.182. The Morgan fingerprint density at radius 1 is 1.13 bits per heavy atom. The number of halogens is 3. The van der Waals surface area contributed by atoms with Crippen LogP contribution in [-0.2, 0) is 12.8 Å². The van der Waals surface area contributed by atoms with E-state index in [4.69, 9.17) is 15.2 Å². The number of nitrogens with one attached hydrogen (secondary N) is 1. The van der Waals surface area contributed by atoms with Crippen molar-refractivity contribution in [1.82, 2.24) is 4.98 Å². The number of hydrogen-bond acceptors (Lipinski definition) is 5. The van der Waals surface area contributed by atoms with Gasteiger partial charge < -0.3 is 20.2 Å². The van der Waals surface area contributed by atoms with Crippen LogP contribution in [0.15, 0.2) is 52.3 Å². The summed E-state index contributed by atoms with van der Waals surface area (Å²) >= 11 is 0. The molecule has 6 nitrogen and oxygen atoms in total. The Hall–Kier alpha value is -3.75. The minimum atomic E-state index is -4.55. The number of benzene rings is 2. The molecule has 1 aliphatic rings. The lowest BCUT2D eigenvalue weighted by atomic mass is 10.0. The van der Waals surface area contributed by atoms with E-state index in [9.17, 15) is 18.0 Å². The zero-order valence-electron chi connectivity index (χ0n) is 16.4. The van der Waals surface area contributed by atoms with Crippen LogP contribution in [0.25, 0.3) is 17.2 Å². The van der Waals surface area contributed by atoms with Gasteiger partial charge in [0.1, 0.15) is 12.1 Å². The van der Waals surface area contributed by atoms with E-state index in [1.807, 2.05) is 6.08 Å². The lowest BCUT2D eigenvalue weighted by molar-refractivity contribution is -0.138. The summed E-state index contributed by atoms with van der Waals surface area (Å²) in [6.45, 7) is 0.154. The molecule has 0 fully saturated rings. The van der Waals surface area contributed by atoms with Crippen LogP contribution in [0.2, 0.25) is 0 Å². The lowest BCUT2D eigenvalue weighted by Crippen LogP contribution is -2.33. The van der Waals surface area contributed by atoms with Crippen molar-refractivity contribution < 1.29 is 22.6 Å². The fourth-order valence-electron chi connectivity index (χ4n) is 3.45. The van der Waals surface area contributed by atoms with Crippen molar-refractivity contribution in [2.45, 2.75) is 12.8 Å². The van der Waals surface area contributed by atoms with Crippen LogP contribution in [0.5, 0.6) is 11.5 Å². The first-order valence-corrected chi connectivity index (χ1v) is 9.31. The Bertz CT molecular complexity index is 1330. The molecule has 0 bridgehead atoms. The van der Waals surface area contributed by atoms with Crippen molar-refractivity contribution in [2.24, 2.45) is 4.99 Å². The second-order valence-electron chi connectivity index (χ2n) is 6.92. The number of aromatic nitrogens is 1. The number of pyridine rings is 1. The predicted molar refractivity (Wildman–Crippen MR) is 109 cm³/mol. The fourth-order valence-corrected chi connectivity index (χ4v) is 3.45. The van der Waals surface area contributed by atoms with Gasteiger partial charge in [0.25, 0.3) is 0 Å². The first kappa shape index (κ1) is 20.5. The Labute approximate surface area is 174 Å². The van der Waals surface area contributed by atoms with Crippen molar-refractivity contribution in [2.75, 3.05) is 19.4 Å². The van der Waals surface area contributed by atoms with Crippen molar-refractivity contribution in [1.29, 1.82) is 0 Å². The topological polar surface area (TPSA) is 89.7 Å². The standard InChI is InChI=1S/C22H18F3N3O3/c1-30-19-8-12(16-10-20(29)28-21-15(16)6-7-27-21)3-5-18(19)31-11-13-2-4-14(26)9-17(13)22(23,24)25/h2-6,8-10H,7,11,26H2,1H3,(H,27,28,29). The summed E-state index contributed by atoms with van der Waals surface area (Å²) < 4.78 is 50.9. The summed E-state index contributed by atoms with van der Waals surface area (Å²) in [5.41, 5.74) is 6.25. The van der Waals surface area contributed by atoms with Crippen LogP contribution < -0.4 is 31.5 Å². The molecule has 1 aromatic heterocycles. The smallest absolute Gasteiger partial charge is 0.416 e. The third kappa shape index (κ3) is 4.11. The van der Waals surface area contributed by atoms with Gasteiger partial charge in [0.05, 0.1) is 19.2 Å². The molecule has 31 heavy (non-hydrogen) atoms. The van der Waals surface area contributed by atoms with Crippen molar-refractivity contribution >= 4 is 11.8 Å². The molecule has 160 valence electrons. The van der Waals surface area contributed by atoms with Gasteiger partial charge in [-0.05, 0) is 35.4 Å². The van der Waals surface area contributed by atoms with Gasteiger partial charge in [-0.2, -0.15) is 13.2 Å². The number of alkyl halides is 3. The zero-order chi connectivity index (χ0) is 22.2. The Morgan fingerprint density at radius 3 is 2.68 bits per heavy atom. The molecular formula is C22H18F3N3O3. The quantitative estimate of drug-likeness (QED) is 0.611. The third-order valence-electron chi connectivity index (χ3n) is 4.90. The maximum absolute atomic E-state index is 13.3. The molecule has 0 radical (unpaired) electrons. The normalized spacial score (nSPS) is 12.6. The molecule has 3 N–H and O–H groups in total. The molecule has 0 saturated heterocycles. The second-order valence-corrected chi connectivity index (χ2v) is 6.92. The van der Waals surface area contributed by atoms with Gasteiger partial charge in [0.2, 0.25) is 5.56 Å². The lowest BCUT2D eigenvalue weighted by Gasteiger charge is -2.16. The Balaban J connectivity index is 1.66. The number of anilines is 1.